The molecule has 7 nitrogen and oxygen atoms in total. The van der Waals surface area contributed by atoms with Crippen molar-refractivity contribution in [3.05, 3.63) is 42.0 Å². The lowest BCUT2D eigenvalue weighted by atomic mass is 9.95. The lowest BCUT2D eigenvalue weighted by Crippen LogP contribution is -2.57. The summed E-state index contributed by atoms with van der Waals surface area (Å²) in [6, 6.07) is 5.26. The van der Waals surface area contributed by atoms with E-state index in [1.807, 2.05) is 52.0 Å². The van der Waals surface area contributed by atoms with Crippen LogP contribution in [0.2, 0.25) is 0 Å². The van der Waals surface area contributed by atoms with Gasteiger partial charge in [0, 0.05) is 17.3 Å². The molecule has 208 valence electrons. The molecule has 0 saturated heterocycles. The molecular formula is C29H47N3O4S. The number of hydrogen-bond acceptors (Lipinski definition) is 5. The van der Waals surface area contributed by atoms with Crippen LogP contribution in [0.3, 0.4) is 0 Å². The highest BCUT2D eigenvalue weighted by molar-refractivity contribution is 7.80. The van der Waals surface area contributed by atoms with Gasteiger partial charge in [-0.25, -0.2) is 4.79 Å². The van der Waals surface area contributed by atoms with Gasteiger partial charge in [0.25, 0.3) is 0 Å². The van der Waals surface area contributed by atoms with Crippen LogP contribution < -0.4 is 10.6 Å². The standard InChI is InChI=1S/C29H47N3O4S/c1-11-21-13-12-14-22(17-21)24(25(33)31-28(5,6)7)32(20(4)16-15-19(2)3)26(34)23(18-37)30-27(35)36-29(8,9)10/h11-14,17,19-20,23-24,37H,1,15-16,18H2,2-10H3,(H,30,35)(H,31,33). The van der Waals surface area contributed by atoms with Crippen molar-refractivity contribution in [2.24, 2.45) is 5.92 Å². The van der Waals surface area contributed by atoms with Gasteiger partial charge in [-0.2, -0.15) is 12.6 Å². The Morgan fingerprint density at radius 2 is 1.70 bits per heavy atom. The molecule has 0 radical (unpaired) electrons. The van der Waals surface area contributed by atoms with Gasteiger partial charge in [0.05, 0.1) is 0 Å². The predicted molar refractivity (Wildman–Crippen MR) is 155 cm³/mol. The minimum absolute atomic E-state index is 0.0474. The van der Waals surface area contributed by atoms with Gasteiger partial charge >= 0.3 is 6.09 Å². The molecule has 3 amide bonds. The Kier molecular flexibility index (Phi) is 12.2. The van der Waals surface area contributed by atoms with E-state index in [2.05, 4.69) is 43.7 Å². The Hall–Kier alpha value is -2.48. The van der Waals surface area contributed by atoms with E-state index in [4.69, 9.17) is 4.74 Å². The third-order valence-electron chi connectivity index (χ3n) is 5.55. The van der Waals surface area contributed by atoms with Crippen LogP contribution in [-0.4, -0.2) is 51.8 Å². The Morgan fingerprint density at radius 3 is 2.19 bits per heavy atom. The molecule has 1 rings (SSSR count). The van der Waals surface area contributed by atoms with Gasteiger partial charge in [0.2, 0.25) is 11.8 Å². The molecule has 0 heterocycles. The van der Waals surface area contributed by atoms with Gasteiger partial charge in [0.15, 0.2) is 0 Å². The molecule has 37 heavy (non-hydrogen) atoms. The Bertz CT molecular complexity index is 934. The summed E-state index contributed by atoms with van der Waals surface area (Å²) in [5, 5.41) is 5.71. The fraction of sp³-hybridized carbons (Fsp3) is 0.621. The van der Waals surface area contributed by atoms with Crippen molar-refractivity contribution < 1.29 is 19.1 Å². The largest absolute Gasteiger partial charge is 0.444 e. The quantitative estimate of drug-likeness (QED) is 0.316. The van der Waals surface area contributed by atoms with Crippen LogP contribution in [0.25, 0.3) is 6.08 Å². The van der Waals surface area contributed by atoms with E-state index in [1.54, 1.807) is 31.7 Å². The van der Waals surface area contributed by atoms with Crippen molar-refractivity contribution in [3.8, 4) is 0 Å². The molecule has 3 atom stereocenters. The molecule has 8 heteroatoms. The molecule has 0 aromatic heterocycles. The highest BCUT2D eigenvalue weighted by Crippen LogP contribution is 2.29. The number of benzene rings is 1. The SMILES string of the molecule is C=Cc1cccc(C(C(=O)NC(C)(C)C)N(C(=O)C(CS)NC(=O)OC(C)(C)C)C(C)CCC(C)C)c1. The Labute approximate surface area is 229 Å². The summed E-state index contributed by atoms with van der Waals surface area (Å²) in [5.74, 6) is -0.221. The number of hydrogen-bond donors (Lipinski definition) is 3. The second kappa shape index (κ2) is 13.9. The summed E-state index contributed by atoms with van der Waals surface area (Å²) < 4.78 is 5.38. The zero-order chi connectivity index (χ0) is 28.6. The fourth-order valence-corrected chi connectivity index (χ4v) is 4.11. The first-order chi connectivity index (χ1) is 17.0. The number of nitrogens with one attached hydrogen (secondary N) is 2. The average Bonchev–Trinajstić information content (AvgIpc) is 2.76. The number of nitrogens with zero attached hydrogens (tertiary/aromatic N) is 1. The van der Waals surface area contributed by atoms with Crippen LogP contribution in [0, 0.1) is 5.92 Å². The van der Waals surface area contributed by atoms with Gasteiger partial charge in [0.1, 0.15) is 17.7 Å². The maximum absolute atomic E-state index is 14.1. The fourth-order valence-electron chi connectivity index (χ4n) is 3.86. The average molecular weight is 534 g/mol. The highest BCUT2D eigenvalue weighted by Gasteiger charge is 2.39. The molecule has 2 N–H and O–H groups in total. The van der Waals surface area contributed by atoms with Crippen LogP contribution in [-0.2, 0) is 14.3 Å². The molecule has 1 aromatic carbocycles. The number of amides is 3. The monoisotopic (exact) mass is 533 g/mol. The van der Waals surface area contributed by atoms with Crippen LogP contribution in [0.4, 0.5) is 4.79 Å². The van der Waals surface area contributed by atoms with E-state index >= 15 is 0 Å². The highest BCUT2D eigenvalue weighted by atomic mass is 32.1. The van der Waals surface area contributed by atoms with Crippen LogP contribution in [0.1, 0.15) is 92.3 Å². The van der Waals surface area contributed by atoms with Gasteiger partial charge in [-0.1, -0.05) is 44.7 Å². The lowest BCUT2D eigenvalue weighted by molar-refractivity contribution is -0.145. The van der Waals surface area contributed by atoms with Gasteiger partial charge in [-0.3, -0.25) is 9.59 Å². The first-order valence-electron chi connectivity index (χ1n) is 13.0. The second-order valence-electron chi connectivity index (χ2n) is 12.0. The maximum Gasteiger partial charge on any atom is 0.408 e. The van der Waals surface area contributed by atoms with E-state index < -0.39 is 35.2 Å². The number of alkyl carbamates (subject to hydrolysis) is 1. The van der Waals surface area contributed by atoms with E-state index in [1.165, 1.54) is 0 Å². The normalized spacial score (nSPS) is 14.4. The van der Waals surface area contributed by atoms with Crippen LogP contribution in [0.15, 0.2) is 30.8 Å². The van der Waals surface area contributed by atoms with Gasteiger partial charge < -0.3 is 20.3 Å². The summed E-state index contributed by atoms with van der Waals surface area (Å²) in [7, 11) is 0. The zero-order valence-electron chi connectivity index (χ0n) is 24.1. The van der Waals surface area contributed by atoms with Crippen molar-refractivity contribution in [3.63, 3.8) is 0 Å². The minimum atomic E-state index is -0.979. The minimum Gasteiger partial charge on any atom is -0.444 e. The van der Waals surface area contributed by atoms with E-state index in [0.717, 1.165) is 12.0 Å². The number of rotatable bonds is 11. The third kappa shape index (κ3) is 11.2. The second-order valence-corrected chi connectivity index (χ2v) is 12.3. The van der Waals surface area contributed by atoms with Crippen molar-refractivity contribution >= 4 is 36.6 Å². The van der Waals surface area contributed by atoms with E-state index in [-0.39, 0.29) is 17.7 Å². The van der Waals surface area contributed by atoms with Crippen molar-refractivity contribution in [2.75, 3.05) is 5.75 Å². The lowest BCUT2D eigenvalue weighted by Gasteiger charge is -2.39. The summed E-state index contributed by atoms with van der Waals surface area (Å²) in [6.07, 6.45) is 2.56. The molecule has 3 unspecified atom stereocenters. The van der Waals surface area contributed by atoms with Gasteiger partial charge in [-0.15, -0.1) is 0 Å². The number of carbonyl (C=O) groups excluding carboxylic acids is 3. The van der Waals surface area contributed by atoms with E-state index in [0.29, 0.717) is 17.9 Å². The molecule has 0 bridgehead atoms. The molecule has 0 saturated carbocycles. The number of carbonyl (C=O) groups is 3. The smallest absolute Gasteiger partial charge is 0.408 e. The summed E-state index contributed by atoms with van der Waals surface area (Å²) in [5.41, 5.74) is 0.266. The molecular weight excluding hydrogens is 486 g/mol. The molecule has 0 aliphatic rings. The number of ether oxygens (including phenoxy) is 1. The van der Waals surface area contributed by atoms with Crippen LogP contribution in [0.5, 0.6) is 0 Å². The summed E-state index contributed by atoms with van der Waals surface area (Å²) >= 11 is 4.37. The number of thiol groups is 1. The molecule has 1 aromatic rings. The first kappa shape index (κ1) is 32.5. The zero-order valence-corrected chi connectivity index (χ0v) is 24.9. The van der Waals surface area contributed by atoms with Crippen molar-refractivity contribution in [2.45, 2.75) is 104 Å². The molecule has 0 aliphatic heterocycles. The summed E-state index contributed by atoms with van der Waals surface area (Å²) in [6.45, 7) is 21.0. The molecule has 0 aliphatic carbocycles. The topological polar surface area (TPSA) is 87.7 Å². The Balaban J connectivity index is 3.61. The van der Waals surface area contributed by atoms with Crippen molar-refractivity contribution in [1.29, 1.82) is 0 Å². The third-order valence-corrected chi connectivity index (χ3v) is 5.91. The first-order valence-corrected chi connectivity index (χ1v) is 13.6. The van der Waals surface area contributed by atoms with Gasteiger partial charge in [-0.05, 0) is 84.4 Å². The Morgan fingerprint density at radius 1 is 1.08 bits per heavy atom. The van der Waals surface area contributed by atoms with Crippen molar-refractivity contribution in [1.82, 2.24) is 15.5 Å². The van der Waals surface area contributed by atoms with E-state index in [9.17, 15) is 14.4 Å². The summed E-state index contributed by atoms with van der Waals surface area (Å²) in [4.78, 5) is 42.1. The predicted octanol–water partition coefficient (Wildman–Crippen LogP) is 5.76. The van der Waals surface area contributed by atoms with Crippen LogP contribution >= 0.6 is 12.6 Å². The maximum atomic E-state index is 14.1. The molecule has 0 spiro atoms. The molecule has 0 fully saturated rings.